The zero-order valence-electron chi connectivity index (χ0n) is 21.1. The molecule has 1 amide bonds. The Bertz CT molecular complexity index is 1130. The molecule has 0 radical (unpaired) electrons. The zero-order valence-corrected chi connectivity index (χ0v) is 22.7. The van der Waals surface area contributed by atoms with Gasteiger partial charge in [-0.1, -0.05) is 32.4 Å². The van der Waals surface area contributed by atoms with Crippen LogP contribution in [0.4, 0.5) is 5.69 Å². The molecule has 0 saturated carbocycles. The van der Waals surface area contributed by atoms with Crippen molar-refractivity contribution in [3.8, 4) is 11.5 Å². The molecule has 0 aliphatic carbocycles. The van der Waals surface area contributed by atoms with Crippen molar-refractivity contribution in [2.45, 2.75) is 59.0 Å². The van der Waals surface area contributed by atoms with Crippen molar-refractivity contribution in [1.29, 1.82) is 0 Å². The van der Waals surface area contributed by atoms with Crippen molar-refractivity contribution in [3.05, 3.63) is 52.0 Å². The van der Waals surface area contributed by atoms with Crippen LogP contribution in [0.5, 0.6) is 11.5 Å². The normalized spacial score (nSPS) is 13.4. The lowest BCUT2D eigenvalue weighted by Crippen LogP contribution is -2.50. The Morgan fingerprint density at radius 3 is 2.18 bits per heavy atom. The molecule has 0 aromatic heterocycles. The quantitative estimate of drug-likeness (QED) is 0.474. The molecule has 2 aromatic carbocycles. The molecule has 0 aliphatic heterocycles. The number of carbonyl (C=O) groups is 1. The van der Waals surface area contributed by atoms with E-state index in [1.54, 1.807) is 26.2 Å². The fourth-order valence-corrected chi connectivity index (χ4v) is 5.44. The Hall–Kier alpha value is -2.45. The van der Waals surface area contributed by atoms with Gasteiger partial charge in [-0.25, -0.2) is 8.42 Å². The first-order valence-electron chi connectivity index (χ1n) is 11.2. The third-order valence-electron chi connectivity index (χ3n) is 5.77. The second-order valence-corrected chi connectivity index (χ2v) is 10.9. The van der Waals surface area contributed by atoms with E-state index < -0.39 is 22.0 Å². The number of carbonyl (C=O) groups excluding carboxylic acids is 1. The van der Waals surface area contributed by atoms with Crippen molar-refractivity contribution in [2.75, 3.05) is 24.8 Å². The second kappa shape index (κ2) is 11.3. The summed E-state index contributed by atoms with van der Waals surface area (Å²) in [5.41, 5.74) is 3.17. The van der Waals surface area contributed by atoms with Gasteiger partial charge in [-0.15, -0.1) is 0 Å². The summed E-state index contributed by atoms with van der Waals surface area (Å²) in [5.74, 6) is 0.930. The second-order valence-electron chi connectivity index (χ2n) is 8.63. The fourth-order valence-electron chi connectivity index (χ4n) is 4.07. The summed E-state index contributed by atoms with van der Waals surface area (Å²) in [5, 5.41) is 3.34. The van der Waals surface area contributed by atoms with E-state index in [9.17, 15) is 13.2 Å². The number of ether oxygens (including phenoxy) is 2. The van der Waals surface area contributed by atoms with Gasteiger partial charge in [0.2, 0.25) is 15.9 Å². The highest BCUT2D eigenvalue weighted by Gasteiger charge is 2.34. The van der Waals surface area contributed by atoms with Crippen LogP contribution >= 0.6 is 11.6 Å². The van der Waals surface area contributed by atoms with Crippen LogP contribution in [0.3, 0.4) is 0 Å². The van der Waals surface area contributed by atoms with Crippen LogP contribution in [0.2, 0.25) is 5.02 Å². The molecule has 0 heterocycles. The first kappa shape index (κ1) is 27.8. The van der Waals surface area contributed by atoms with Gasteiger partial charge >= 0.3 is 0 Å². The molecule has 2 rings (SSSR count). The number of benzene rings is 2. The fraction of sp³-hybridized carbons (Fsp3) is 0.480. The average molecular weight is 511 g/mol. The molecule has 0 fully saturated rings. The van der Waals surface area contributed by atoms with Crippen LogP contribution < -0.4 is 19.1 Å². The molecule has 0 aliphatic rings. The lowest BCUT2D eigenvalue weighted by Gasteiger charge is -2.32. The lowest BCUT2D eigenvalue weighted by molar-refractivity contribution is -0.122. The topological polar surface area (TPSA) is 84.9 Å². The Balaban J connectivity index is 2.47. The standard InChI is InChI=1S/C25H35ClN2O5S/c1-9-21(28(34(8,30)31)22-13-18(26)10-11-23(22)32-6)25(29)27-17(5)20-14-19(15(2)3)24(33-7)12-16(20)4/h10-15,17,21H,9H2,1-8H3,(H,27,29)/t17-,21+/m1/s1. The van der Waals surface area contributed by atoms with Gasteiger partial charge in [0, 0.05) is 5.02 Å². The number of nitrogens with one attached hydrogen (secondary N) is 1. The number of hydrogen-bond acceptors (Lipinski definition) is 5. The third kappa shape index (κ3) is 6.16. The first-order chi connectivity index (χ1) is 15.8. The molecule has 9 heteroatoms. The summed E-state index contributed by atoms with van der Waals surface area (Å²) < 4.78 is 37.7. The van der Waals surface area contributed by atoms with Crippen molar-refractivity contribution >= 4 is 33.2 Å². The summed E-state index contributed by atoms with van der Waals surface area (Å²) in [6.07, 6.45) is 1.31. The number of methoxy groups -OCH3 is 2. The van der Waals surface area contributed by atoms with E-state index in [4.69, 9.17) is 21.1 Å². The molecule has 1 N–H and O–H groups in total. The molecule has 188 valence electrons. The summed E-state index contributed by atoms with van der Waals surface area (Å²) in [4.78, 5) is 13.4. The number of amides is 1. The van der Waals surface area contributed by atoms with E-state index in [1.165, 1.54) is 13.2 Å². The van der Waals surface area contributed by atoms with Crippen molar-refractivity contribution < 1.29 is 22.7 Å². The maximum atomic E-state index is 13.4. The number of sulfonamides is 1. The zero-order chi connectivity index (χ0) is 25.8. The molecule has 2 aromatic rings. The minimum atomic E-state index is -3.84. The van der Waals surface area contributed by atoms with Gasteiger partial charge in [-0.3, -0.25) is 9.10 Å². The number of halogens is 1. The summed E-state index contributed by atoms with van der Waals surface area (Å²) in [6, 6.07) is 7.33. The maximum Gasteiger partial charge on any atom is 0.244 e. The van der Waals surface area contributed by atoms with E-state index in [1.807, 2.05) is 26.0 Å². The molecule has 0 bridgehead atoms. The van der Waals surface area contributed by atoms with Crippen LogP contribution in [-0.2, 0) is 14.8 Å². The van der Waals surface area contributed by atoms with Gasteiger partial charge in [0.05, 0.1) is 32.2 Å². The van der Waals surface area contributed by atoms with Crippen LogP contribution in [0.15, 0.2) is 30.3 Å². The van der Waals surface area contributed by atoms with Gasteiger partial charge in [0.25, 0.3) is 0 Å². The Morgan fingerprint density at radius 1 is 1.06 bits per heavy atom. The van der Waals surface area contributed by atoms with E-state index in [0.717, 1.165) is 33.0 Å². The minimum Gasteiger partial charge on any atom is -0.496 e. The number of rotatable bonds is 10. The molecule has 34 heavy (non-hydrogen) atoms. The van der Waals surface area contributed by atoms with E-state index in [2.05, 4.69) is 19.2 Å². The van der Waals surface area contributed by atoms with Gasteiger partial charge < -0.3 is 14.8 Å². The lowest BCUT2D eigenvalue weighted by atomic mass is 9.93. The highest BCUT2D eigenvalue weighted by Crippen LogP contribution is 2.36. The highest BCUT2D eigenvalue weighted by molar-refractivity contribution is 7.92. The van der Waals surface area contributed by atoms with Crippen molar-refractivity contribution in [1.82, 2.24) is 5.32 Å². The van der Waals surface area contributed by atoms with Crippen molar-refractivity contribution in [2.24, 2.45) is 0 Å². The van der Waals surface area contributed by atoms with E-state index in [0.29, 0.717) is 10.8 Å². The average Bonchev–Trinajstić information content (AvgIpc) is 2.75. The van der Waals surface area contributed by atoms with Crippen LogP contribution in [0.25, 0.3) is 0 Å². The third-order valence-corrected chi connectivity index (χ3v) is 7.17. The summed E-state index contributed by atoms with van der Waals surface area (Å²) in [6.45, 7) is 9.76. The molecular weight excluding hydrogens is 476 g/mol. The van der Waals surface area contributed by atoms with Gasteiger partial charge in [-0.05, 0) is 73.2 Å². The molecule has 7 nitrogen and oxygen atoms in total. The van der Waals surface area contributed by atoms with Crippen LogP contribution in [0, 0.1) is 6.92 Å². The minimum absolute atomic E-state index is 0.217. The van der Waals surface area contributed by atoms with Gasteiger partial charge in [0.15, 0.2) is 0 Å². The number of nitrogens with zero attached hydrogens (tertiary/aromatic N) is 1. The maximum absolute atomic E-state index is 13.4. The molecule has 0 spiro atoms. The molecular formula is C25H35ClN2O5S. The molecule has 0 saturated heterocycles. The first-order valence-corrected chi connectivity index (χ1v) is 13.4. The Kier molecular flexibility index (Phi) is 9.25. The van der Waals surface area contributed by atoms with Crippen LogP contribution in [0.1, 0.15) is 62.8 Å². The smallest absolute Gasteiger partial charge is 0.244 e. The number of aryl methyl sites for hydroxylation is 1. The van der Waals surface area contributed by atoms with Crippen LogP contribution in [-0.4, -0.2) is 40.8 Å². The highest BCUT2D eigenvalue weighted by atomic mass is 35.5. The predicted molar refractivity (Wildman–Crippen MR) is 138 cm³/mol. The van der Waals surface area contributed by atoms with Gasteiger partial charge in [-0.2, -0.15) is 0 Å². The summed E-state index contributed by atoms with van der Waals surface area (Å²) in [7, 11) is -0.762. The van der Waals surface area contributed by atoms with Gasteiger partial charge in [0.1, 0.15) is 17.5 Å². The molecule has 0 unspecified atom stereocenters. The largest absolute Gasteiger partial charge is 0.496 e. The predicted octanol–water partition coefficient (Wildman–Crippen LogP) is 5.21. The Labute approximate surface area is 208 Å². The Morgan fingerprint density at radius 2 is 1.68 bits per heavy atom. The monoisotopic (exact) mass is 510 g/mol. The summed E-state index contributed by atoms with van der Waals surface area (Å²) >= 11 is 6.15. The number of anilines is 1. The SMILES string of the molecule is CC[C@@H](C(=O)N[C@H](C)c1cc(C(C)C)c(OC)cc1C)N(c1cc(Cl)ccc1OC)S(C)(=O)=O. The van der Waals surface area contributed by atoms with E-state index >= 15 is 0 Å². The molecule has 2 atom stereocenters. The van der Waals surface area contributed by atoms with Crippen molar-refractivity contribution in [3.63, 3.8) is 0 Å². The van der Waals surface area contributed by atoms with E-state index in [-0.39, 0.29) is 24.1 Å². The number of hydrogen-bond donors (Lipinski definition) is 1.